The SMILES string of the molecule is c1ccc(CCCN2CCC(OC3CCCCC3)CC2)cc1. The van der Waals surface area contributed by atoms with Gasteiger partial charge in [0.25, 0.3) is 0 Å². The second-order valence-corrected chi connectivity index (χ2v) is 7.03. The lowest BCUT2D eigenvalue weighted by Gasteiger charge is -2.35. The second kappa shape index (κ2) is 8.69. The highest BCUT2D eigenvalue weighted by molar-refractivity contribution is 5.14. The van der Waals surface area contributed by atoms with E-state index in [4.69, 9.17) is 4.74 Å². The fourth-order valence-corrected chi connectivity index (χ4v) is 3.89. The molecule has 0 bridgehead atoms. The van der Waals surface area contributed by atoms with Crippen molar-refractivity contribution in [3.8, 4) is 0 Å². The highest BCUT2D eigenvalue weighted by Gasteiger charge is 2.23. The Bertz CT molecular complexity index is 405. The van der Waals surface area contributed by atoms with Crippen LogP contribution in [0.3, 0.4) is 0 Å². The van der Waals surface area contributed by atoms with Crippen LogP contribution >= 0.6 is 0 Å². The van der Waals surface area contributed by atoms with Crippen LogP contribution in [0.5, 0.6) is 0 Å². The average Bonchev–Trinajstić information content (AvgIpc) is 2.58. The first-order chi connectivity index (χ1) is 10.9. The molecule has 1 aromatic carbocycles. The maximum Gasteiger partial charge on any atom is 0.0603 e. The van der Waals surface area contributed by atoms with E-state index in [0.29, 0.717) is 12.2 Å². The molecule has 1 heterocycles. The van der Waals surface area contributed by atoms with E-state index in [9.17, 15) is 0 Å². The average molecular weight is 301 g/mol. The molecule has 1 saturated carbocycles. The highest BCUT2D eigenvalue weighted by Crippen LogP contribution is 2.24. The van der Waals surface area contributed by atoms with Crippen LogP contribution in [0.4, 0.5) is 0 Å². The molecular weight excluding hydrogens is 270 g/mol. The van der Waals surface area contributed by atoms with Crippen LogP contribution in [0.2, 0.25) is 0 Å². The van der Waals surface area contributed by atoms with Crippen LogP contribution in [0, 0.1) is 0 Å². The highest BCUT2D eigenvalue weighted by atomic mass is 16.5. The molecule has 22 heavy (non-hydrogen) atoms. The zero-order valence-electron chi connectivity index (χ0n) is 13.9. The number of rotatable bonds is 6. The van der Waals surface area contributed by atoms with E-state index >= 15 is 0 Å². The van der Waals surface area contributed by atoms with Gasteiger partial charge < -0.3 is 9.64 Å². The van der Waals surface area contributed by atoms with Crippen molar-refractivity contribution in [2.24, 2.45) is 0 Å². The fraction of sp³-hybridized carbons (Fsp3) is 0.700. The van der Waals surface area contributed by atoms with Gasteiger partial charge in [0.15, 0.2) is 0 Å². The van der Waals surface area contributed by atoms with Gasteiger partial charge in [0, 0.05) is 13.1 Å². The monoisotopic (exact) mass is 301 g/mol. The molecule has 0 atom stereocenters. The van der Waals surface area contributed by atoms with Gasteiger partial charge >= 0.3 is 0 Å². The molecule has 1 aromatic rings. The van der Waals surface area contributed by atoms with Gasteiger partial charge in [-0.05, 0) is 50.6 Å². The number of ether oxygens (including phenoxy) is 1. The Hall–Kier alpha value is -0.860. The van der Waals surface area contributed by atoms with Crippen molar-refractivity contribution in [2.45, 2.75) is 70.0 Å². The van der Waals surface area contributed by atoms with Crippen LogP contribution in [-0.4, -0.2) is 36.7 Å². The molecule has 0 radical (unpaired) electrons. The predicted molar refractivity (Wildman–Crippen MR) is 92.2 cm³/mol. The lowest BCUT2D eigenvalue weighted by atomic mass is 9.97. The first-order valence-electron chi connectivity index (χ1n) is 9.32. The summed E-state index contributed by atoms with van der Waals surface area (Å²) in [6.07, 6.45) is 12.8. The van der Waals surface area contributed by atoms with E-state index in [2.05, 4.69) is 35.2 Å². The largest absolute Gasteiger partial charge is 0.375 e. The maximum atomic E-state index is 6.33. The van der Waals surface area contributed by atoms with E-state index in [-0.39, 0.29) is 0 Å². The Morgan fingerprint density at radius 1 is 0.864 bits per heavy atom. The summed E-state index contributed by atoms with van der Waals surface area (Å²) in [5.74, 6) is 0. The van der Waals surface area contributed by atoms with Crippen molar-refractivity contribution in [3.63, 3.8) is 0 Å². The van der Waals surface area contributed by atoms with Gasteiger partial charge in [-0.25, -0.2) is 0 Å². The van der Waals surface area contributed by atoms with Crippen molar-refractivity contribution in [3.05, 3.63) is 35.9 Å². The lowest BCUT2D eigenvalue weighted by Crippen LogP contribution is -2.39. The molecule has 3 rings (SSSR count). The molecule has 2 nitrogen and oxygen atoms in total. The van der Waals surface area contributed by atoms with Gasteiger partial charge in [-0.3, -0.25) is 0 Å². The van der Waals surface area contributed by atoms with Gasteiger partial charge in [0.05, 0.1) is 12.2 Å². The molecule has 2 aliphatic rings. The molecule has 1 aliphatic carbocycles. The first kappa shape index (κ1) is 16.0. The minimum absolute atomic E-state index is 0.536. The fourth-order valence-electron chi connectivity index (χ4n) is 3.89. The third-order valence-electron chi connectivity index (χ3n) is 5.25. The van der Waals surface area contributed by atoms with E-state index in [1.165, 1.54) is 83.0 Å². The van der Waals surface area contributed by atoms with Crippen molar-refractivity contribution in [2.75, 3.05) is 19.6 Å². The van der Waals surface area contributed by atoms with Gasteiger partial charge in [0.2, 0.25) is 0 Å². The molecule has 0 N–H and O–H groups in total. The minimum atomic E-state index is 0.536. The van der Waals surface area contributed by atoms with Crippen LogP contribution < -0.4 is 0 Å². The summed E-state index contributed by atoms with van der Waals surface area (Å²) in [5, 5.41) is 0. The van der Waals surface area contributed by atoms with Crippen molar-refractivity contribution >= 4 is 0 Å². The maximum absolute atomic E-state index is 6.33. The topological polar surface area (TPSA) is 12.5 Å². The summed E-state index contributed by atoms with van der Waals surface area (Å²) in [6.45, 7) is 3.70. The summed E-state index contributed by atoms with van der Waals surface area (Å²) in [4.78, 5) is 2.63. The molecule has 0 aromatic heterocycles. The molecule has 0 unspecified atom stereocenters. The van der Waals surface area contributed by atoms with E-state index < -0.39 is 0 Å². The molecule has 2 fully saturated rings. The van der Waals surface area contributed by atoms with Gasteiger partial charge in [-0.15, -0.1) is 0 Å². The molecule has 1 aliphatic heterocycles. The Morgan fingerprint density at radius 3 is 2.27 bits per heavy atom. The van der Waals surface area contributed by atoms with Gasteiger partial charge in [0.1, 0.15) is 0 Å². The number of benzene rings is 1. The predicted octanol–water partition coefficient (Wildman–Crippen LogP) is 4.43. The third-order valence-corrected chi connectivity index (χ3v) is 5.25. The van der Waals surface area contributed by atoms with E-state index in [0.717, 1.165) is 0 Å². The molecule has 2 heteroatoms. The summed E-state index contributed by atoms with van der Waals surface area (Å²) in [6, 6.07) is 10.9. The Morgan fingerprint density at radius 2 is 1.55 bits per heavy atom. The van der Waals surface area contributed by atoms with Crippen molar-refractivity contribution in [1.82, 2.24) is 4.90 Å². The molecule has 1 saturated heterocycles. The number of hydrogen-bond acceptors (Lipinski definition) is 2. The Labute approximate surface area is 135 Å². The molecule has 0 spiro atoms. The van der Waals surface area contributed by atoms with Crippen LogP contribution in [0.1, 0.15) is 56.9 Å². The zero-order valence-corrected chi connectivity index (χ0v) is 13.9. The van der Waals surface area contributed by atoms with Crippen LogP contribution in [-0.2, 0) is 11.2 Å². The summed E-state index contributed by atoms with van der Waals surface area (Å²) in [5.41, 5.74) is 1.47. The van der Waals surface area contributed by atoms with E-state index in [1.807, 2.05) is 0 Å². The number of likely N-dealkylation sites (tertiary alicyclic amines) is 1. The summed E-state index contributed by atoms with van der Waals surface area (Å²) >= 11 is 0. The smallest absolute Gasteiger partial charge is 0.0603 e. The minimum Gasteiger partial charge on any atom is -0.375 e. The second-order valence-electron chi connectivity index (χ2n) is 7.03. The number of nitrogens with zero attached hydrogens (tertiary/aromatic N) is 1. The lowest BCUT2D eigenvalue weighted by molar-refractivity contribution is -0.0557. The standard InChI is InChI=1S/C20H31NO/c1-3-8-18(9-4-1)10-7-15-21-16-13-20(14-17-21)22-19-11-5-2-6-12-19/h1,3-4,8-9,19-20H,2,5-7,10-17H2. The van der Waals surface area contributed by atoms with Crippen molar-refractivity contribution < 1.29 is 4.74 Å². The third kappa shape index (κ3) is 5.10. The number of aryl methyl sites for hydroxylation is 1. The van der Waals surface area contributed by atoms with E-state index in [1.54, 1.807) is 0 Å². The van der Waals surface area contributed by atoms with Crippen LogP contribution in [0.25, 0.3) is 0 Å². The summed E-state index contributed by atoms with van der Waals surface area (Å²) in [7, 11) is 0. The first-order valence-corrected chi connectivity index (χ1v) is 9.32. The number of piperidine rings is 1. The molecule has 0 amide bonds. The molecular formula is C20H31NO. The number of hydrogen-bond donors (Lipinski definition) is 0. The van der Waals surface area contributed by atoms with Gasteiger partial charge in [-0.2, -0.15) is 0 Å². The normalized spacial score (nSPS) is 22.0. The summed E-state index contributed by atoms with van der Waals surface area (Å²) < 4.78 is 6.33. The molecule has 122 valence electrons. The van der Waals surface area contributed by atoms with Crippen molar-refractivity contribution in [1.29, 1.82) is 0 Å². The van der Waals surface area contributed by atoms with Gasteiger partial charge in [-0.1, -0.05) is 49.6 Å². The Kier molecular flexibility index (Phi) is 6.32. The van der Waals surface area contributed by atoms with Crippen LogP contribution in [0.15, 0.2) is 30.3 Å². The zero-order chi connectivity index (χ0) is 15.0. The Balaban J connectivity index is 1.30. The quantitative estimate of drug-likeness (QED) is 0.770.